The lowest BCUT2D eigenvalue weighted by Gasteiger charge is -2.14. The number of hydrogen-bond donors (Lipinski definition) is 2. The van der Waals surface area contributed by atoms with E-state index in [1.165, 1.54) is 17.1 Å². The second-order valence-electron chi connectivity index (χ2n) is 3.72. The molecule has 2 aromatic rings. The summed E-state index contributed by atoms with van der Waals surface area (Å²) in [4.78, 5) is 5.12. The van der Waals surface area contributed by atoms with Gasteiger partial charge in [0.25, 0.3) is 0 Å². The van der Waals surface area contributed by atoms with Crippen LogP contribution in [0.2, 0.25) is 0 Å². The van der Waals surface area contributed by atoms with Gasteiger partial charge in [-0.3, -0.25) is 16.3 Å². The van der Waals surface area contributed by atoms with E-state index in [1.807, 2.05) is 12.1 Å². The van der Waals surface area contributed by atoms with Crippen molar-refractivity contribution in [1.82, 2.24) is 20.0 Å². The number of pyridine rings is 1. The Kier molecular flexibility index (Phi) is 4.13. The lowest BCUT2D eigenvalue weighted by molar-refractivity contribution is 0.555. The van der Waals surface area contributed by atoms with Crippen molar-refractivity contribution in [3.8, 4) is 0 Å². The Morgan fingerprint density at radius 1 is 1.41 bits per heavy atom. The van der Waals surface area contributed by atoms with Gasteiger partial charge in [0.2, 0.25) is 0 Å². The number of nitrogens with one attached hydrogen (secondary N) is 1. The first-order valence-electron chi connectivity index (χ1n) is 5.51. The summed E-state index contributed by atoms with van der Waals surface area (Å²) in [5.74, 6) is 5.62. The van der Waals surface area contributed by atoms with Crippen molar-refractivity contribution in [2.75, 3.05) is 0 Å². The number of hydrazine groups is 1. The molecule has 0 saturated carbocycles. The molecule has 1 atom stereocenters. The van der Waals surface area contributed by atoms with E-state index in [9.17, 15) is 0 Å². The second kappa shape index (κ2) is 5.81. The van der Waals surface area contributed by atoms with Crippen LogP contribution in [-0.4, -0.2) is 14.6 Å². The molecule has 5 nitrogen and oxygen atoms in total. The molecule has 6 heteroatoms. The van der Waals surface area contributed by atoms with Crippen molar-refractivity contribution in [2.24, 2.45) is 5.84 Å². The molecule has 0 fully saturated rings. The van der Waals surface area contributed by atoms with E-state index in [1.54, 1.807) is 12.4 Å². The maximum atomic E-state index is 5.62. The van der Waals surface area contributed by atoms with Gasteiger partial charge in [0.15, 0.2) is 0 Å². The molecule has 0 saturated heterocycles. The van der Waals surface area contributed by atoms with E-state index in [-0.39, 0.29) is 6.04 Å². The number of nitrogens with zero attached hydrogens (tertiary/aromatic N) is 3. The third kappa shape index (κ3) is 2.85. The van der Waals surface area contributed by atoms with Gasteiger partial charge in [-0.25, -0.2) is 0 Å². The van der Waals surface area contributed by atoms with Gasteiger partial charge in [0.1, 0.15) is 0 Å². The van der Waals surface area contributed by atoms with Crippen molar-refractivity contribution >= 4 is 11.5 Å². The van der Waals surface area contributed by atoms with Gasteiger partial charge in [-0.2, -0.15) is 0 Å². The molecule has 0 aromatic carbocycles. The van der Waals surface area contributed by atoms with E-state index in [0.29, 0.717) is 0 Å². The Labute approximate surface area is 104 Å². The molecular formula is C11H15N5S. The second-order valence-corrected chi connectivity index (χ2v) is 4.50. The number of hydrogen-bond acceptors (Lipinski definition) is 6. The van der Waals surface area contributed by atoms with Crippen molar-refractivity contribution < 1.29 is 0 Å². The van der Waals surface area contributed by atoms with Crippen LogP contribution in [0.3, 0.4) is 0 Å². The summed E-state index contributed by atoms with van der Waals surface area (Å²) >= 11 is 1.41. The molecule has 0 radical (unpaired) electrons. The van der Waals surface area contributed by atoms with E-state index in [2.05, 4.69) is 26.9 Å². The fraction of sp³-hybridized carbons (Fsp3) is 0.364. The first kappa shape index (κ1) is 12.1. The van der Waals surface area contributed by atoms with Crippen LogP contribution in [0.5, 0.6) is 0 Å². The Morgan fingerprint density at radius 3 is 2.82 bits per heavy atom. The maximum absolute atomic E-state index is 5.62. The third-order valence-electron chi connectivity index (χ3n) is 2.63. The zero-order chi connectivity index (χ0) is 12.1. The van der Waals surface area contributed by atoms with E-state index in [4.69, 9.17) is 5.84 Å². The normalized spacial score (nSPS) is 12.6. The minimum absolute atomic E-state index is 0.0624. The summed E-state index contributed by atoms with van der Waals surface area (Å²) in [6, 6.07) is 4.04. The van der Waals surface area contributed by atoms with E-state index in [0.717, 1.165) is 23.4 Å². The van der Waals surface area contributed by atoms with Gasteiger partial charge < -0.3 is 0 Å². The molecule has 2 heterocycles. The van der Waals surface area contributed by atoms with E-state index >= 15 is 0 Å². The summed E-state index contributed by atoms with van der Waals surface area (Å²) < 4.78 is 3.99. The molecule has 3 N–H and O–H groups in total. The third-order valence-corrected chi connectivity index (χ3v) is 3.51. The van der Waals surface area contributed by atoms with Crippen LogP contribution in [0.4, 0.5) is 0 Å². The molecule has 0 bridgehead atoms. The standard InChI is InChI=1S/C11H15N5S/c1-2-9-11(17-16-15-9)10(14-12)7-8-3-5-13-6-4-8/h3-6,10,14H,2,7,12H2,1H3. The highest BCUT2D eigenvalue weighted by atomic mass is 32.1. The van der Waals surface area contributed by atoms with Crippen LogP contribution in [0.25, 0.3) is 0 Å². The predicted molar refractivity (Wildman–Crippen MR) is 67.3 cm³/mol. The predicted octanol–water partition coefficient (Wildman–Crippen LogP) is 1.24. The zero-order valence-electron chi connectivity index (χ0n) is 9.63. The molecule has 1 unspecified atom stereocenters. The van der Waals surface area contributed by atoms with Crippen molar-refractivity contribution in [2.45, 2.75) is 25.8 Å². The highest BCUT2D eigenvalue weighted by molar-refractivity contribution is 7.05. The van der Waals surface area contributed by atoms with Gasteiger partial charge in [-0.1, -0.05) is 11.4 Å². The summed E-state index contributed by atoms with van der Waals surface area (Å²) in [6.45, 7) is 2.07. The first-order valence-corrected chi connectivity index (χ1v) is 6.28. The SMILES string of the molecule is CCc1nnsc1C(Cc1ccncc1)NN. The summed E-state index contributed by atoms with van der Waals surface area (Å²) in [6.07, 6.45) is 5.26. The topological polar surface area (TPSA) is 76.7 Å². The fourth-order valence-corrected chi connectivity index (χ4v) is 2.50. The molecule has 0 aliphatic rings. The number of aromatic nitrogens is 3. The average Bonchev–Trinajstić information content (AvgIpc) is 2.85. The Bertz CT molecular complexity index is 456. The highest BCUT2D eigenvalue weighted by Gasteiger charge is 2.17. The zero-order valence-corrected chi connectivity index (χ0v) is 10.4. The summed E-state index contributed by atoms with van der Waals surface area (Å²) in [5, 5.41) is 4.11. The molecule has 0 spiro atoms. The van der Waals surface area contributed by atoms with Gasteiger partial charge in [0.05, 0.1) is 16.6 Å². The molecule has 90 valence electrons. The Balaban J connectivity index is 2.17. The van der Waals surface area contributed by atoms with Crippen LogP contribution in [0, 0.1) is 0 Å². The minimum Gasteiger partial charge on any atom is -0.271 e. The Morgan fingerprint density at radius 2 is 2.18 bits per heavy atom. The largest absolute Gasteiger partial charge is 0.271 e. The molecular weight excluding hydrogens is 234 g/mol. The molecule has 0 amide bonds. The molecule has 0 aliphatic carbocycles. The quantitative estimate of drug-likeness (QED) is 0.616. The minimum atomic E-state index is 0.0624. The fourth-order valence-electron chi connectivity index (χ4n) is 1.71. The molecule has 17 heavy (non-hydrogen) atoms. The van der Waals surface area contributed by atoms with Crippen LogP contribution in [0.15, 0.2) is 24.5 Å². The number of aryl methyl sites for hydroxylation is 1. The highest BCUT2D eigenvalue weighted by Crippen LogP contribution is 2.23. The van der Waals surface area contributed by atoms with Crippen molar-refractivity contribution in [3.05, 3.63) is 40.7 Å². The number of rotatable bonds is 5. The van der Waals surface area contributed by atoms with Crippen LogP contribution < -0.4 is 11.3 Å². The van der Waals surface area contributed by atoms with Crippen LogP contribution in [0.1, 0.15) is 29.1 Å². The number of nitrogens with two attached hydrogens (primary N) is 1. The molecule has 0 aliphatic heterocycles. The lowest BCUT2D eigenvalue weighted by atomic mass is 10.0. The monoisotopic (exact) mass is 249 g/mol. The van der Waals surface area contributed by atoms with Gasteiger partial charge in [0, 0.05) is 12.4 Å². The Hall–Kier alpha value is -1.37. The average molecular weight is 249 g/mol. The van der Waals surface area contributed by atoms with Crippen LogP contribution >= 0.6 is 11.5 Å². The molecule has 2 aromatic heterocycles. The van der Waals surface area contributed by atoms with Crippen LogP contribution in [-0.2, 0) is 12.8 Å². The van der Waals surface area contributed by atoms with E-state index < -0.39 is 0 Å². The van der Waals surface area contributed by atoms with Crippen molar-refractivity contribution in [3.63, 3.8) is 0 Å². The summed E-state index contributed by atoms with van der Waals surface area (Å²) in [7, 11) is 0. The smallest absolute Gasteiger partial charge is 0.0801 e. The van der Waals surface area contributed by atoms with Gasteiger partial charge >= 0.3 is 0 Å². The molecule has 2 rings (SSSR count). The van der Waals surface area contributed by atoms with Gasteiger partial charge in [-0.05, 0) is 42.1 Å². The first-order chi connectivity index (χ1) is 8.35. The maximum Gasteiger partial charge on any atom is 0.0801 e. The van der Waals surface area contributed by atoms with Crippen molar-refractivity contribution in [1.29, 1.82) is 0 Å². The lowest BCUT2D eigenvalue weighted by Crippen LogP contribution is -2.29. The van der Waals surface area contributed by atoms with Gasteiger partial charge in [-0.15, -0.1) is 5.10 Å². The summed E-state index contributed by atoms with van der Waals surface area (Å²) in [5.41, 5.74) is 5.05.